The van der Waals surface area contributed by atoms with E-state index >= 15 is 0 Å². The molecule has 2 fully saturated rings. The number of ether oxygens (including phenoxy) is 1. The third-order valence-electron chi connectivity index (χ3n) is 7.58. The zero-order valence-electron chi connectivity index (χ0n) is 22.3. The molecule has 0 spiro atoms. The molecule has 0 radical (unpaired) electrons. The summed E-state index contributed by atoms with van der Waals surface area (Å²) in [6.45, 7) is 5.28. The Balaban J connectivity index is 1.36. The van der Waals surface area contributed by atoms with Crippen LogP contribution in [0.25, 0.3) is 21.7 Å². The van der Waals surface area contributed by atoms with Crippen LogP contribution in [0.5, 0.6) is 0 Å². The zero-order valence-corrected chi connectivity index (χ0v) is 22.3. The second kappa shape index (κ2) is 9.84. The van der Waals surface area contributed by atoms with E-state index in [1.54, 1.807) is 39.0 Å². The van der Waals surface area contributed by atoms with Crippen LogP contribution in [0.15, 0.2) is 41.2 Å². The molecule has 2 heterocycles. The molecule has 11 heteroatoms. The molecule has 1 aromatic heterocycles. The molecule has 1 saturated carbocycles. The number of nitrogens with zero attached hydrogens (tertiary/aromatic N) is 2. The van der Waals surface area contributed by atoms with Gasteiger partial charge >= 0.3 is 12.3 Å². The average Bonchev–Trinajstić information content (AvgIpc) is 3.49. The van der Waals surface area contributed by atoms with Gasteiger partial charge in [0.25, 0.3) is 5.56 Å². The number of carbonyl (C=O) groups excluding carboxylic acids is 2. The minimum atomic E-state index is -4.54. The van der Waals surface area contributed by atoms with Crippen LogP contribution in [-0.2, 0) is 22.1 Å². The number of benzene rings is 2. The Labute approximate surface area is 228 Å². The third kappa shape index (κ3) is 5.22. The van der Waals surface area contributed by atoms with Gasteiger partial charge in [-0.1, -0.05) is 18.2 Å². The van der Waals surface area contributed by atoms with Crippen molar-refractivity contribution >= 4 is 33.7 Å². The fraction of sp³-hybridized carbons (Fsp3) is 0.448. The first-order valence-corrected chi connectivity index (χ1v) is 13.1. The third-order valence-corrected chi connectivity index (χ3v) is 7.58. The van der Waals surface area contributed by atoms with E-state index in [2.05, 4.69) is 16.4 Å². The molecule has 5 rings (SSSR count). The number of likely N-dealkylation sites (tertiary alicyclic amines) is 1. The van der Waals surface area contributed by atoms with E-state index in [1.807, 2.05) is 0 Å². The molecule has 3 aromatic rings. The fourth-order valence-corrected chi connectivity index (χ4v) is 5.91. The van der Waals surface area contributed by atoms with Crippen LogP contribution in [0.2, 0.25) is 0 Å². The smallest absolute Gasteiger partial charge is 0.416 e. The first-order chi connectivity index (χ1) is 18.7. The summed E-state index contributed by atoms with van der Waals surface area (Å²) >= 11 is 0. The predicted molar refractivity (Wildman–Crippen MR) is 141 cm³/mol. The summed E-state index contributed by atoms with van der Waals surface area (Å²) in [6.07, 6.45) is -2.67. The molecule has 1 aliphatic heterocycles. The van der Waals surface area contributed by atoms with Crippen molar-refractivity contribution in [2.75, 3.05) is 0 Å². The molecule has 8 nitrogen and oxygen atoms in total. The van der Waals surface area contributed by atoms with Gasteiger partial charge in [0, 0.05) is 28.8 Å². The number of hydrogen-bond acceptors (Lipinski definition) is 5. The Hall–Kier alpha value is -4.07. The molecule has 210 valence electrons. The zero-order chi connectivity index (χ0) is 29.0. The SMILES string of the molecule is CC(C)(C)OC(=O)N1[C@@H]2CC[C@@H](C2)[C@H]1C(=O)NC(C#N)Cc1ccc2c(c1)c(=O)[nH]c1cc(C(F)(F)F)ccc12. The maximum Gasteiger partial charge on any atom is 0.416 e. The van der Waals surface area contributed by atoms with Gasteiger partial charge in [0.2, 0.25) is 5.91 Å². The van der Waals surface area contributed by atoms with Crippen LogP contribution >= 0.6 is 0 Å². The van der Waals surface area contributed by atoms with Crippen LogP contribution in [0.1, 0.15) is 51.2 Å². The monoisotopic (exact) mass is 554 g/mol. The van der Waals surface area contributed by atoms with E-state index in [-0.39, 0.29) is 29.3 Å². The maximum absolute atomic E-state index is 13.3. The largest absolute Gasteiger partial charge is 0.444 e. The molecule has 2 N–H and O–H groups in total. The van der Waals surface area contributed by atoms with E-state index in [0.717, 1.165) is 25.0 Å². The minimum absolute atomic E-state index is 0.0118. The Morgan fingerprint density at radius 1 is 1.12 bits per heavy atom. The second-order valence-corrected chi connectivity index (χ2v) is 11.5. The number of aromatic amines is 1. The van der Waals surface area contributed by atoms with E-state index in [0.29, 0.717) is 22.8 Å². The molecule has 1 saturated heterocycles. The summed E-state index contributed by atoms with van der Waals surface area (Å²) < 4.78 is 44.9. The van der Waals surface area contributed by atoms with Crippen molar-refractivity contribution < 1.29 is 27.5 Å². The lowest BCUT2D eigenvalue weighted by atomic mass is 9.96. The summed E-state index contributed by atoms with van der Waals surface area (Å²) in [5, 5.41) is 13.8. The lowest BCUT2D eigenvalue weighted by Gasteiger charge is -2.35. The molecule has 2 amide bonds. The predicted octanol–water partition coefficient (Wildman–Crippen LogP) is 5.04. The topological polar surface area (TPSA) is 115 Å². The number of amides is 2. The van der Waals surface area contributed by atoms with Gasteiger partial charge in [-0.05, 0) is 75.1 Å². The number of fused-ring (bicyclic) bond motifs is 5. The lowest BCUT2D eigenvalue weighted by molar-refractivity contribution is -0.137. The van der Waals surface area contributed by atoms with Gasteiger partial charge in [-0.15, -0.1) is 0 Å². The van der Waals surface area contributed by atoms with E-state index in [1.165, 1.54) is 11.0 Å². The van der Waals surface area contributed by atoms with Gasteiger partial charge in [0.15, 0.2) is 0 Å². The summed E-state index contributed by atoms with van der Waals surface area (Å²) in [7, 11) is 0. The molecule has 4 atom stereocenters. The van der Waals surface area contributed by atoms with Crippen molar-refractivity contribution in [2.24, 2.45) is 5.92 Å². The first-order valence-electron chi connectivity index (χ1n) is 13.1. The summed E-state index contributed by atoms with van der Waals surface area (Å²) in [5.74, 6) is -0.433. The fourth-order valence-electron chi connectivity index (χ4n) is 5.91. The number of alkyl halides is 3. The Kier molecular flexibility index (Phi) is 6.76. The van der Waals surface area contributed by atoms with Crippen molar-refractivity contribution in [3.8, 4) is 6.07 Å². The van der Waals surface area contributed by atoms with Crippen molar-refractivity contribution in [3.05, 3.63) is 57.9 Å². The van der Waals surface area contributed by atoms with Crippen LogP contribution < -0.4 is 10.9 Å². The van der Waals surface area contributed by atoms with Gasteiger partial charge in [0.05, 0.1) is 11.6 Å². The number of nitriles is 1. The van der Waals surface area contributed by atoms with Gasteiger partial charge in [-0.25, -0.2) is 4.79 Å². The Morgan fingerprint density at radius 3 is 2.52 bits per heavy atom. The molecule has 1 unspecified atom stereocenters. The van der Waals surface area contributed by atoms with Crippen LogP contribution in [0, 0.1) is 17.2 Å². The highest BCUT2D eigenvalue weighted by Crippen LogP contribution is 2.43. The van der Waals surface area contributed by atoms with Gasteiger partial charge in [0.1, 0.15) is 17.7 Å². The number of carbonyl (C=O) groups is 2. The number of nitrogens with one attached hydrogen (secondary N) is 2. The van der Waals surface area contributed by atoms with Crippen molar-refractivity contribution in [2.45, 2.75) is 76.4 Å². The Morgan fingerprint density at radius 2 is 1.85 bits per heavy atom. The number of rotatable bonds is 4. The second-order valence-electron chi connectivity index (χ2n) is 11.5. The van der Waals surface area contributed by atoms with E-state index in [9.17, 15) is 32.8 Å². The highest BCUT2D eigenvalue weighted by molar-refractivity contribution is 6.05. The van der Waals surface area contributed by atoms with E-state index in [4.69, 9.17) is 4.74 Å². The minimum Gasteiger partial charge on any atom is -0.444 e. The van der Waals surface area contributed by atoms with E-state index < -0.39 is 47.0 Å². The van der Waals surface area contributed by atoms with Crippen molar-refractivity contribution in [1.29, 1.82) is 5.26 Å². The normalized spacial score (nSPS) is 21.4. The number of halogens is 3. The summed E-state index contributed by atoms with van der Waals surface area (Å²) in [5.41, 5.74) is -1.47. The number of H-pyrrole nitrogens is 1. The highest BCUT2D eigenvalue weighted by Gasteiger charge is 2.52. The molecular weight excluding hydrogens is 525 g/mol. The molecular formula is C29H29F3N4O4. The highest BCUT2D eigenvalue weighted by atomic mass is 19.4. The number of aromatic nitrogens is 1. The molecule has 1 aliphatic carbocycles. The first kappa shape index (κ1) is 27.5. The van der Waals surface area contributed by atoms with Crippen LogP contribution in [-0.4, -0.2) is 45.6 Å². The molecule has 2 aliphatic rings. The quantitative estimate of drug-likeness (QED) is 0.439. The summed E-state index contributed by atoms with van der Waals surface area (Å²) in [6, 6.07) is 8.42. The van der Waals surface area contributed by atoms with Crippen LogP contribution in [0.4, 0.5) is 18.0 Å². The summed E-state index contributed by atoms with van der Waals surface area (Å²) in [4.78, 5) is 43.0. The Bertz CT molecular complexity index is 1600. The molecule has 40 heavy (non-hydrogen) atoms. The standard InChI is InChI=1S/C29H29F3N4O4/c1-28(2,3)40-27(39)36-19-7-5-16(12-19)24(36)26(38)34-18(14-33)10-15-4-8-20-21-9-6-17(29(30,31)32)13-23(21)35-25(37)22(20)11-15/h4,6,8-9,11,13,16,18-19,24H,5,7,10,12H2,1-3H3,(H,34,38)(H,35,37)/t16-,18?,19+,24-/m0/s1. The van der Waals surface area contributed by atoms with Gasteiger partial charge < -0.3 is 15.0 Å². The number of piperidine rings is 1. The van der Waals surface area contributed by atoms with Crippen LogP contribution in [0.3, 0.4) is 0 Å². The van der Waals surface area contributed by atoms with Gasteiger partial charge in [-0.3, -0.25) is 14.5 Å². The lowest BCUT2D eigenvalue weighted by Crippen LogP contribution is -2.55. The molecule has 2 bridgehead atoms. The number of pyridine rings is 1. The number of hydrogen-bond donors (Lipinski definition) is 2. The van der Waals surface area contributed by atoms with Crippen molar-refractivity contribution in [1.82, 2.24) is 15.2 Å². The molecule has 2 aromatic carbocycles. The van der Waals surface area contributed by atoms with Crippen molar-refractivity contribution in [3.63, 3.8) is 0 Å². The average molecular weight is 555 g/mol. The maximum atomic E-state index is 13.3. The van der Waals surface area contributed by atoms with Gasteiger partial charge in [-0.2, -0.15) is 18.4 Å².